The van der Waals surface area contributed by atoms with Crippen LogP contribution >= 0.6 is 11.8 Å². The summed E-state index contributed by atoms with van der Waals surface area (Å²) in [5, 5.41) is 46.1. The Bertz CT molecular complexity index is 2230. The molecule has 0 spiro atoms. The van der Waals surface area contributed by atoms with Gasteiger partial charge in [0, 0.05) is 25.9 Å². The summed E-state index contributed by atoms with van der Waals surface area (Å²) in [5.74, 6) is -6.71. The SMILES string of the molecule is CSCC[C@H](NC(=O)[C@H](CC(C)C)NC(=O)[C@@H](NC(=O)[C@H](Cc1ccccc1)NC(=O)[C@H](C)NC(=O)[C@@H]1CCCN1C(=O)[C@@H]1CCCN1C(=O)[C@@H](N)C(C)C)[C@@H](C)O)C(=O)N[C@@H](Cc1ccc(O)cc1)C(=O)O. The molecular formula is C51H75N9O12S. The molecule has 2 fully saturated rings. The van der Waals surface area contributed by atoms with Crippen LogP contribution in [0.2, 0.25) is 0 Å². The molecule has 73 heavy (non-hydrogen) atoms. The minimum atomic E-state index is -1.66. The van der Waals surface area contributed by atoms with Gasteiger partial charge < -0.3 is 62.8 Å². The first-order valence-corrected chi connectivity index (χ1v) is 26.3. The molecular weight excluding hydrogens is 963 g/mol. The van der Waals surface area contributed by atoms with Crippen LogP contribution in [0.3, 0.4) is 0 Å². The number of amides is 8. The van der Waals surface area contributed by atoms with Crippen LogP contribution in [0.1, 0.15) is 91.2 Å². The normalized spacial score (nSPS) is 18.8. The van der Waals surface area contributed by atoms with Gasteiger partial charge in [0.25, 0.3) is 0 Å². The lowest BCUT2D eigenvalue weighted by Gasteiger charge is -2.33. The van der Waals surface area contributed by atoms with E-state index in [1.54, 1.807) is 50.4 Å². The molecule has 0 bridgehead atoms. The highest BCUT2D eigenvalue weighted by atomic mass is 32.2. The molecule has 402 valence electrons. The number of hydrogen-bond donors (Lipinski definition) is 10. The van der Waals surface area contributed by atoms with E-state index in [9.17, 15) is 58.5 Å². The number of carboxylic acids is 1. The van der Waals surface area contributed by atoms with Crippen molar-refractivity contribution < 1.29 is 58.5 Å². The van der Waals surface area contributed by atoms with Gasteiger partial charge in [0.15, 0.2) is 0 Å². The average molecular weight is 1040 g/mol. The van der Waals surface area contributed by atoms with Gasteiger partial charge in [-0.05, 0) is 99.5 Å². The molecule has 2 heterocycles. The fraction of sp³-hybridized carbons (Fsp3) is 0.588. The van der Waals surface area contributed by atoms with Crippen molar-refractivity contribution in [3.05, 3.63) is 65.7 Å². The third-order valence-corrected chi connectivity index (χ3v) is 13.6. The Labute approximate surface area is 431 Å². The number of hydrogen-bond acceptors (Lipinski definition) is 13. The molecule has 2 aliphatic rings. The molecule has 0 radical (unpaired) electrons. The number of rotatable bonds is 26. The van der Waals surface area contributed by atoms with Gasteiger partial charge in [0.2, 0.25) is 47.3 Å². The molecule has 10 atom stereocenters. The Morgan fingerprint density at radius 1 is 0.658 bits per heavy atom. The first-order chi connectivity index (χ1) is 34.5. The maximum Gasteiger partial charge on any atom is 0.326 e. The van der Waals surface area contributed by atoms with E-state index in [1.165, 1.54) is 59.7 Å². The Balaban J connectivity index is 1.46. The highest BCUT2D eigenvalue weighted by molar-refractivity contribution is 7.98. The lowest BCUT2D eigenvalue weighted by atomic mass is 10.0. The summed E-state index contributed by atoms with van der Waals surface area (Å²) in [6, 6.07) is 3.89. The number of benzene rings is 2. The van der Waals surface area contributed by atoms with E-state index < -0.39 is 102 Å². The third-order valence-electron chi connectivity index (χ3n) is 13.0. The number of nitrogens with one attached hydrogen (secondary N) is 6. The van der Waals surface area contributed by atoms with Gasteiger partial charge in [0.05, 0.1) is 12.1 Å². The highest BCUT2D eigenvalue weighted by Crippen LogP contribution is 2.26. The number of thioether (sulfide) groups is 1. The van der Waals surface area contributed by atoms with Crippen LogP contribution < -0.4 is 37.6 Å². The van der Waals surface area contributed by atoms with Crippen molar-refractivity contribution in [1.82, 2.24) is 41.7 Å². The number of carbonyl (C=O) groups excluding carboxylic acids is 8. The van der Waals surface area contributed by atoms with Gasteiger partial charge in [-0.1, -0.05) is 70.2 Å². The second-order valence-electron chi connectivity index (χ2n) is 19.7. The van der Waals surface area contributed by atoms with E-state index in [0.717, 1.165) is 0 Å². The molecule has 21 nitrogen and oxygen atoms in total. The van der Waals surface area contributed by atoms with Gasteiger partial charge >= 0.3 is 5.97 Å². The molecule has 4 rings (SSSR count). The number of phenols is 1. The molecule has 0 aliphatic carbocycles. The Morgan fingerprint density at radius 2 is 1.19 bits per heavy atom. The smallest absolute Gasteiger partial charge is 0.326 e. The largest absolute Gasteiger partial charge is 0.508 e. The number of carbonyl (C=O) groups is 9. The molecule has 2 aliphatic heterocycles. The lowest BCUT2D eigenvalue weighted by Crippen LogP contribution is -2.62. The van der Waals surface area contributed by atoms with Gasteiger partial charge in [0.1, 0.15) is 54.1 Å². The van der Waals surface area contributed by atoms with Crippen LogP contribution in [-0.4, -0.2) is 164 Å². The molecule has 0 aromatic heterocycles. The zero-order valence-electron chi connectivity index (χ0n) is 42.8. The highest BCUT2D eigenvalue weighted by Gasteiger charge is 2.44. The van der Waals surface area contributed by atoms with Gasteiger partial charge in [-0.2, -0.15) is 11.8 Å². The molecule has 0 saturated carbocycles. The molecule has 2 aromatic carbocycles. The second-order valence-corrected chi connectivity index (χ2v) is 20.6. The summed E-state index contributed by atoms with van der Waals surface area (Å²) in [6.07, 6.45) is 2.11. The summed E-state index contributed by atoms with van der Waals surface area (Å²) >= 11 is 1.39. The van der Waals surface area contributed by atoms with Crippen LogP contribution in [0, 0.1) is 11.8 Å². The van der Waals surface area contributed by atoms with Crippen molar-refractivity contribution in [2.75, 3.05) is 25.1 Å². The van der Waals surface area contributed by atoms with Crippen LogP contribution in [0.25, 0.3) is 0 Å². The van der Waals surface area contributed by atoms with Crippen molar-refractivity contribution in [3.63, 3.8) is 0 Å². The number of likely N-dealkylation sites (tertiary alicyclic amines) is 2. The fourth-order valence-electron chi connectivity index (χ4n) is 8.73. The first kappa shape index (κ1) is 59.3. The second kappa shape index (κ2) is 28.3. The number of phenolic OH excluding ortho intramolecular Hbond substituents is 1. The predicted octanol–water partition coefficient (Wildman–Crippen LogP) is 0.336. The van der Waals surface area contributed by atoms with Gasteiger partial charge in [-0.15, -0.1) is 0 Å². The molecule has 2 aromatic rings. The zero-order chi connectivity index (χ0) is 54.1. The standard InChI is InChI=1S/C51H75N9O12S/c1-28(2)25-36(45(65)54-35(21-24-73-7)44(64)57-38(51(71)72)27-33-17-19-34(62)20-18-33)56-48(68)42(31(6)61)58-46(66)37(26-32-13-9-8-10-14-32)55-43(63)30(5)53-47(67)39-15-11-22-59(39)49(69)40-16-12-23-60(40)50(70)41(52)29(3)4/h8-10,13-14,17-20,28-31,35-42,61-62H,11-12,15-16,21-27,52H2,1-7H3,(H,53,67)(H,54,65)(H,55,63)(H,56,68)(H,57,64)(H,58,66)(H,71,72)/t30-,31+,35-,36-,37-,38-,39-,40-,41-,42-/m0/s1. The minimum absolute atomic E-state index is 0.0179. The van der Waals surface area contributed by atoms with Crippen LogP contribution in [0.5, 0.6) is 5.75 Å². The Morgan fingerprint density at radius 3 is 1.78 bits per heavy atom. The molecule has 0 unspecified atom stereocenters. The van der Waals surface area contributed by atoms with E-state index in [0.29, 0.717) is 49.1 Å². The number of aliphatic hydroxyl groups is 1. The average Bonchev–Trinajstić information content (AvgIpc) is 4.05. The fourth-order valence-corrected chi connectivity index (χ4v) is 9.20. The van der Waals surface area contributed by atoms with E-state index in [-0.39, 0.29) is 61.6 Å². The van der Waals surface area contributed by atoms with E-state index in [1.807, 2.05) is 13.8 Å². The van der Waals surface area contributed by atoms with Crippen molar-refractivity contribution in [1.29, 1.82) is 0 Å². The summed E-state index contributed by atoms with van der Waals surface area (Å²) in [4.78, 5) is 126. The number of nitrogens with zero attached hydrogens (tertiary/aromatic N) is 2. The number of aliphatic carboxylic acids is 1. The number of aliphatic hydroxyl groups excluding tert-OH is 1. The number of carboxylic acid groups (broad SMARTS) is 1. The quantitative estimate of drug-likeness (QED) is 0.0608. The number of nitrogens with two attached hydrogens (primary N) is 1. The van der Waals surface area contributed by atoms with Crippen LogP contribution in [0.4, 0.5) is 0 Å². The third kappa shape index (κ3) is 17.4. The molecule has 22 heteroatoms. The van der Waals surface area contributed by atoms with Crippen molar-refractivity contribution in [2.45, 2.75) is 153 Å². The zero-order valence-corrected chi connectivity index (χ0v) is 43.6. The van der Waals surface area contributed by atoms with Crippen molar-refractivity contribution >= 4 is 65.0 Å². The summed E-state index contributed by atoms with van der Waals surface area (Å²) in [7, 11) is 0. The van der Waals surface area contributed by atoms with E-state index >= 15 is 0 Å². The maximum absolute atomic E-state index is 14.2. The van der Waals surface area contributed by atoms with Crippen LogP contribution in [-0.2, 0) is 56.0 Å². The summed E-state index contributed by atoms with van der Waals surface area (Å²) < 4.78 is 0. The maximum atomic E-state index is 14.2. The van der Waals surface area contributed by atoms with E-state index in [2.05, 4.69) is 31.9 Å². The first-order valence-electron chi connectivity index (χ1n) is 24.9. The van der Waals surface area contributed by atoms with E-state index in [4.69, 9.17) is 5.73 Å². The Hall–Kier alpha value is -6.26. The minimum Gasteiger partial charge on any atom is -0.508 e. The van der Waals surface area contributed by atoms with Gasteiger partial charge in [-0.3, -0.25) is 38.4 Å². The monoisotopic (exact) mass is 1040 g/mol. The van der Waals surface area contributed by atoms with Crippen LogP contribution in [0.15, 0.2) is 54.6 Å². The van der Waals surface area contributed by atoms with Crippen molar-refractivity contribution in [2.24, 2.45) is 17.6 Å². The lowest BCUT2D eigenvalue weighted by molar-refractivity contribution is -0.147. The number of aromatic hydroxyl groups is 1. The predicted molar refractivity (Wildman–Crippen MR) is 273 cm³/mol. The summed E-state index contributed by atoms with van der Waals surface area (Å²) in [6.45, 7) is 10.6. The van der Waals surface area contributed by atoms with Gasteiger partial charge in [-0.25, -0.2) is 4.79 Å². The molecule has 11 N–H and O–H groups in total. The Kier molecular flexibility index (Phi) is 23.0. The summed E-state index contributed by atoms with van der Waals surface area (Å²) in [5.41, 5.74) is 7.30. The molecule has 2 saturated heterocycles. The molecule has 8 amide bonds. The van der Waals surface area contributed by atoms with Crippen molar-refractivity contribution in [3.8, 4) is 5.75 Å². The topological polar surface area (TPSA) is 319 Å².